The van der Waals surface area contributed by atoms with Crippen molar-refractivity contribution >= 4 is 29.7 Å². The Balaban J connectivity index is 1.44. The first-order valence-corrected chi connectivity index (χ1v) is 21.0. The summed E-state index contributed by atoms with van der Waals surface area (Å²) in [4.78, 5) is 69.6. The van der Waals surface area contributed by atoms with Crippen LogP contribution in [0.3, 0.4) is 0 Å². The maximum atomic E-state index is 14.3. The van der Waals surface area contributed by atoms with Crippen LogP contribution in [0.1, 0.15) is 89.6 Å². The molecule has 13 heteroatoms. The number of likely N-dealkylation sites (tertiary alicyclic amines) is 1. The van der Waals surface area contributed by atoms with Crippen LogP contribution < -0.4 is 21.3 Å². The molecule has 5 amide bonds. The van der Waals surface area contributed by atoms with Crippen LogP contribution in [0.15, 0.2) is 84.9 Å². The molecule has 59 heavy (non-hydrogen) atoms. The predicted octanol–water partition coefficient (Wildman–Crippen LogP) is 6.22. The molecule has 0 aliphatic carbocycles. The van der Waals surface area contributed by atoms with Crippen molar-refractivity contribution in [2.45, 2.75) is 111 Å². The molecule has 13 nitrogen and oxygen atoms in total. The van der Waals surface area contributed by atoms with Gasteiger partial charge in [-0.25, -0.2) is 4.79 Å². The van der Waals surface area contributed by atoms with Gasteiger partial charge in [0.2, 0.25) is 17.7 Å². The van der Waals surface area contributed by atoms with E-state index in [1.165, 1.54) is 0 Å². The number of benzene rings is 3. The summed E-state index contributed by atoms with van der Waals surface area (Å²) in [5, 5.41) is 11.7. The van der Waals surface area contributed by atoms with Crippen LogP contribution >= 0.6 is 0 Å². The van der Waals surface area contributed by atoms with Crippen molar-refractivity contribution in [2.24, 2.45) is 11.8 Å². The third-order valence-electron chi connectivity index (χ3n) is 10.3. The van der Waals surface area contributed by atoms with Crippen molar-refractivity contribution in [3.05, 3.63) is 96.1 Å². The second-order valence-corrected chi connectivity index (χ2v) is 15.4. The Kier molecular flexibility index (Phi) is 18.9. The lowest BCUT2D eigenvalue weighted by molar-refractivity contribution is -0.166. The van der Waals surface area contributed by atoms with E-state index in [1.807, 2.05) is 114 Å². The average Bonchev–Trinajstić information content (AvgIpc) is 3.74. The number of hydrogen-bond donors (Lipinski definition) is 4. The minimum absolute atomic E-state index is 0.00603. The maximum Gasteiger partial charge on any atom is 0.407 e. The quantitative estimate of drug-likeness (QED) is 0.0687. The molecule has 0 bridgehead atoms. The standard InChI is InChI=1S/C46H63N5O8/c1-7-57-45(58-8-2)40(32(5)6)50-43(54)38-23-17-29-51(38)44(55)39(31(3)4)49-42(53)37(22-15-16-28-47-46(56)59-30-33-18-11-9-12-19-33)48-41(52)36-26-24-35(25-27-36)34-20-13-10-14-21-34/h9-14,18-21,24-27,31-32,37-40,45H,7-8,15-17,22-23,28-30H2,1-6H3,(H,47,56)(H,48,52)(H,49,53)(H,50,54)/t37-,38-,39-,40-/m0/s1. The van der Waals surface area contributed by atoms with E-state index in [4.69, 9.17) is 14.2 Å². The molecule has 4 N–H and O–H groups in total. The minimum atomic E-state index is -0.992. The fourth-order valence-corrected chi connectivity index (χ4v) is 7.04. The first kappa shape index (κ1) is 46.4. The van der Waals surface area contributed by atoms with Gasteiger partial charge in [-0.1, -0.05) is 100 Å². The summed E-state index contributed by atoms with van der Waals surface area (Å²) >= 11 is 0. The molecule has 3 aromatic rings. The van der Waals surface area contributed by atoms with Gasteiger partial charge in [0.05, 0.1) is 6.04 Å². The van der Waals surface area contributed by atoms with Gasteiger partial charge >= 0.3 is 6.09 Å². The van der Waals surface area contributed by atoms with E-state index in [0.717, 1.165) is 16.7 Å². The smallest absolute Gasteiger partial charge is 0.407 e. The second kappa shape index (κ2) is 24.0. The van der Waals surface area contributed by atoms with Gasteiger partial charge in [0.15, 0.2) is 6.29 Å². The fraction of sp³-hybridized carbons (Fsp3) is 0.500. The molecule has 0 radical (unpaired) electrons. The number of unbranched alkanes of at least 4 members (excludes halogenated alkanes) is 1. The Morgan fingerprint density at radius 3 is 1.98 bits per heavy atom. The number of nitrogens with zero attached hydrogens (tertiary/aromatic N) is 1. The number of ether oxygens (including phenoxy) is 3. The van der Waals surface area contributed by atoms with E-state index in [1.54, 1.807) is 17.0 Å². The zero-order valence-corrected chi connectivity index (χ0v) is 35.4. The average molecular weight is 814 g/mol. The molecule has 0 saturated carbocycles. The van der Waals surface area contributed by atoms with E-state index in [0.29, 0.717) is 57.6 Å². The first-order valence-electron chi connectivity index (χ1n) is 21.0. The van der Waals surface area contributed by atoms with Crippen LogP contribution in [0.5, 0.6) is 0 Å². The summed E-state index contributed by atoms with van der Waals surface area (Å²) in [5.74, 6) is -1.95. The van der Waals surface area contributed by atoms with Crippen LogP contribution in [0, 0.1) is 11.8 Å². The van der Waals surface area contributed by atoms with Gasteiger partial charge in [0, 0.05) is 31.9 Å². The molecule has 4 atom stereocenters. The summed E-state index contributed by atoms with van der Waals surface area (Å²) < 4.78 is 16.9. The predicted molar refractivity (Wildman–Crippen MR) is 227 cm³/mol. The number of carbonyl (C=O) groups excluding carboxylic acids is 5. The number of carbonyl (C=O) groups is 5. The summed E-state index contributed by atoms with van der Waals surface area (Å²) in [5.41, 5.74) is 3.21. The highest BCUT2D eigenvalue weighted by atomic mass is 16.7. The van der Waals surface area contributed by atoms with Crippen LogP contribution in [0.2, 0.25) is 0 Å². The van der Waals surface area contributed by atoms with Crippen molar-refractivity contribution in [1.82, 2.24) is 26.2 Å². The molecule has 1 heterocycles. The molecular weight excluding hydrogens is 751 g/mol. The van der Waals surface area contributed by atoms with Crippen molar-refractivity contribution in [1.29, 1.82) is 0 Å². The second-order valence-electron chi connectivity index (χ2n) is 15.4. The van der Waals surface area contributed by atoms with Gasteiger partial charge in [-0.2, -0.15) is 0 Å². The Bertz CT molecular complexity index is 1770. The number of rotatable bonds is 22. The number of amides is 5. The molecule has 0 unspecified atom stereocenters. The molecule has 0 spiro atoms. The molecule has 1 fully saturated rings. The lowest BCUT2D eigenvalue weighted by atomic mass is 10.00. The molecule has 4 rings (SSSR count). The van der Waals surface area contributed by atoms with Crippen molar-refractivity contribution in [3.63, 3.8) is 0 Å². The fourth-order valence-electron chi connectivity index (χ4n) is 7.04. The highest BCUT2D eigenvalue weighted by molar-refractivity contribution is 5.99. The first-order chi connectivity index (χ1) is 28.4. The Hall–Kier alpha value is -5.27. The molecule has 3 aromatic carbocycles. The molecule has 1 aliphatic heterocycles. The topological polar surface area (TPSA) is 164 Å². The van der Waals surface area contributed by atoms with Gasteiger partial charge in [0.25, 0.3) is 5.91 Å². The van der Waals surface area contributed by atoms with Crippen LogP contribution in [0.4, 0.5) is 4.79 Å². The SMILES string of the molecule is CCOC(OCC)[C@@H](NC(=O)[C@@H]1CCCN1C(=O)[C@@H](NC(=O)[C@H](CCCCNC(=O)OCc1ccccc1)NC(=O)c1ccc(-c2ccccc2)cc1)C(C)C)C(C)C. The lowest BCUT2D eigenvalue weighted by Gasteiger charge is -2.34. The Morgan fingerprint density at radius 1 is 0.746 bits per heavy atom. The zero-order valence-electron chi connectivity index (χ0n) is 35.4. The van der Waals surface area contributed by atoms with Crippen LogP contribution in [0.25, 0.3) is 11.1 Å². The highest BCUT2D eigenvalue weighted by Gasteiger charge is 2.41. The number of alkyl carbamates (subject to hydrolysis) is 1. The summed E-state index contributed by atoms with van der Waals surface area (Å²) in [6.45, 7) is 13.0. The van der Waals surface area contributed by atoms with Gasteiger partial charge in [-0.15, -0.1) is 0 Å². The summed E-state index contributed by atoms with van der Waals surface area (Å²) in [7, 11) is 0. The minimum Gasteiger partial charge on any atom is -0.445 e. The monoisotopic (exact) mass is 813 g/mol. The van der Waals surface area contributed by atoms with E-state index >= 15 is 0 Å². The Morgan fingerprint density at radius 2 is 1.37 bits per heavy atom. The van der Waals surface area contributed by atoms with Crippen molar-refractivity contribution in [3.8, 4) is 11.1 Å². The van der Waals surface area contributed by atoms with E-state index in [-0.39, 0.29) is 36.7 Å². The largest absolute Gasteiger partial charge is 0.445 e. The molecule has 1 saturated heterocycles. The lowest BCUT2D eigenvalue weighted by Crippen LogP contribution is -2.59. The molecular formula is C46H63N5O8. The van der Waals surface area contributed by atoms with Crippen LogP contribution in [-0.2, 0) is 35.2 Å². The third kappa shape index (κ3) is 14.2. The van der Waals surface area contributed by atoms with E-state index < -0.39 is 48.4 Å². The van der Waals surface area contributed by atoms with E-state index in [9.17, 15) is 24.0 Å². The number of nitrogens with one attached hydrogen (secondary N) is 4. The summed E-state index contributed by atoms with van der Waals surface area (Å²) in [6, 6.07) is 23.2. The van der Waals surface area contributed by atoms with Gasteiger partial charge < -0.3 is 40.4 Å². The van der Waals surface area contributed by atoms with Gasteiger partial charge in [0.1, 0.15) is 24.7 Å². The zero-order chi connectivity index (χ0) is 42.7. The highest BCUT2D eigenvalue weighted by Crippen LogP contribution is 2.23. The Labute approximate surface area is 349 Å². The van der Waals surface area contributed by atoms with Gasteiger partial charge in [-0.3, -0.25) is 19.2 Å². The van der Waals surface area contributed by atoms with Gasteiger partial charge in [-0.05, 0) is 86.6 Å². The van der Waals surface area contributed by atoms with Crippen molar-refractivity contribution in [2.75, 3.05) is 26.3 Å². The summed E-state index contributed by atoms with van der Waals surface area (Å²) in [6.07, 6.45) is 1.14. The molecule has 320 valence electrons. The van der Waals surface area contributed by atoms with E-state index in [2.05, 4.69) is 21.3 Å². The molecule has 0 aromatic heterocycles. The maximum absolute atomic E-state index is 14.3. The van der Waals surface area contributed by atoms with Crippen LogP contribution in [-0.4, -0.2) is 91.4 Å². The third-order valence-corrected chi connectivity index (χ3v) is 10.3. The normalized spacial score (nSPS) is 15.4. The van der Waals surface area contributed by atoms with Crippen molar-refractivity contribution < 1.29 is 38.2 Å². The molecule has 1 aliphatic rings. The number of hydrogen-bond acceptors (Lipinski definition) is 8.